The molecule has 98 valence electrons. The number of hydrogen-bond donors (Lipinski definition) is 2. The summed E-state index contributed by atoms with van der Waals surface area (Å²) in [5.41, 5.74) is 9.61. The number of nitrogens with zero attached hydrogens (tertiary/aromatic N) is 2. The second-order valence-electron chi connectivity index (χ2n) is 4.29. The lowest BCUT2D eigenvalue weighted by atomic mass is 10.0. The summed E-state index contributed by atoms with van der Waals surface area (Å²) in [5.74, 6) is 0. The van der Waals surface area contributed by atoms with Gasteiger partial charge >= 0.3 is 0 Å². The molecule has 0 bridgehead atoms. The summed E-state index contributed by atoms with van der Waals surface area (Å²) in [7, 11) is 0. The predicted molar refractivity (Wildman–Crippen MR) is 86.8 cm³/mol. The standard InChI is InChI=1S/C15H12N4S/c16-15(20)19-17-9-14-12-7-2-1-5-10(12)11-6-3-4-8-13(11)18-14/h1-9H,(H3,16,19,20)/b17-9+. The van der Waals surface area contributed by atoms with Crippen molar-refractivity contribution >= 4 is 45.2 Å². The molecule has 0 aliphatic rings. The van der Waals surface area contributed by atoms with E-state index < -0.39 is 0 Å². The molecule has 0 radical (unpaired) electrons. The van der Waals surface area contributed by atoms with Gasteiger partial charge in [-0.1, -0.05) is 42.5 Å². The lowest BCUT2D eigenvalue weighted by Gasteiger charge is -2.06. The molecule has 4 nitrogen and oxygen atoms in total. The van der Waals surface area contributed by atoms with Crippen LogP contribution in [0.5, 0.6) is 0 Å². The average molecular weight is 280 g/mol. The first-order valence-corrected chi connectivity index (χ1v) is 6.52. The molecule has 3 aromatic rings. The van der Waals surface area contributed by atoms with E-state index in [1.807, 2.05) is 36.4 Å². The van der Waals surface area contributed by atoms with E-state index in [-0.39, 0.29) is 5.11 Å². The third kappa shape index (κ3) is 2.31. The number of nitrogens with two attached hydrogens (primary N) is 1. The minimum absolute atomic E-state index is 0.131. The number of benzene rings is 2. The minimum Gasteiger partial charge on any atom is -0.375 e. The molecule has 0 spiro atoms. The predicted octanol–water partition coefficient (Wildman–Crippen LogP) is 2.56. The largest absolute Gasteiger partial charge is 0.375 e. The molecule has 1 aromatic heterocycles. The summed E-state index contributed by atoms with van der Waals surface area (Å²) in [4.78, 5) is 4.63. The van der Waals surface area contributed by atoms with Crippen molar-refractivity contribution in [3.8, 4) is 0 Å². The fourth-order valence-corrected chi connectivity index (χ4v) is 2.24. The topological polar surface area (TPSA) is 63.3 Å². The zero-order chi connectivity index (χ0) is 13.9. The van der Waals surface area contributed by atoms with Gasteiger partial charge in [-0.25, -0.2) is 4.98 Å². The highest BCUT2D eigenvalue weighted by atomic mass is 32.1. The second-order valence-corrected chi connectivity index (χ2v) is 4.73. The monoisotopic (exact) mass is 280 g/mol. The Morgan fingerprint density at radius 1 is 1.05 bits per heavy atom. The first-order valence-electron chi connectivity index (χ1n) is 6.12. The maximum Gasteiger partial charge on any atom is 0.184 e. The van der Waals surface area contributed by atoms with Crippen LogP contribution in [0, 0.1) is 0 Å². The molecule has 0 saturated heterocycles. The van der Waals surface area contributed by atoms with Crippen molar-refractivity contribution in [3.63, 3.8) is 0 Å². The number of para-hydroxylation sites is 1. The van der Waals surface area contributed by atoms with Crippen molar-refractivity contribution in [2.45, 2.75) is 0 Å². The van der Waals surface area contributed by atoms with Crippen LogP contribution in [0.25, 0.3) is 21.7 Å². The number of nitrogens with one attached hydrogen (secondary N) is 1. The van der Waals surface area contributed by atoms with Gasteiger partial charge in [0.2, 0.25) is 0 Å². The third-order valence-electron chi connectivity index (χ3n) is 3.00. The highest BCUT2D eigenvalue weighted by Gasteiger charge is 2.05. The molecule has 3 N–H and O–H groups in total. The Morgan fingerprint density at radius 3 is 2.45 bits per heavy atom. The lowest BCUT2D eigenvalue weighted by Crippen LogP contribution is -2.24. The van der Waals surface area contributed by atoms with E-state index in [0.717, 1.165) is 27.4 Å². The van der Waals surface area contributed by atoms with Crippen LogP contribution < -0.4 is 11.2 Å². The SMILES string of the molecule is NC(=S)N/N=C/c1nc2ccccc2c2ccccc12. The van der Waals surface area contributed by atoms with Crippen molar-refractivity contribution in [2.24, 2.45) is 10.8 Å². The summed E-state index contributed by atoms with van der Waals surface area (Å²) < 4.78 is 0. The Kier molecular flexibility index (Phi) is 3.26. The van der Waals surface area contributed by atoms with Gasteiger partial charge in [-0.15, -0.1) is 0 Å². The van der Waals surface area contributed by atoms with Gasteiger partial charge in [0.1, 0.15) is 0 Å². The van der Waals surface area contributed by atoms with Crippen LogP contribution in [0.4, 0.5) is 0 Å². The van der Waals surface area contributed by atoms with E-state index in [9.17, 15) is 0 Å². The van der Waals surface area contributed by atoms with Crippen LogP contribution in [0.2, 0.25) is 0 Å². The smallest absolute Gasteiger partial charge is 0.184 e. The van der Waals surface area contributed by atoms with Gasteiger partial charge in [0.05, 0.1) is 17.4 Å². The Hall–Kier alpha value is -2.53. The molecule has 1 heterocycles. The Bertz CT molecular complexity index is 826. The highest BCUT2D eigenvalue weighted by Crippen LogP contribution is 2.25. The molecule has 2 aromatic carbocycles. The summed E-state index contributed by atoms with van der Waals surface area (Å²) in [6, 6.07) is 16.1. The number of aromatic nitrogens is 1. The normalized spacial score (nSPS) is 11.2. The van der Waals surface area contributed by atoms with Gasteiger partial charge in [-0.05, 0) is 23.7 Å². The van der Waals surface area contributed by atoms with Gasteiger partial charge in [0.25, 0.3) is 0 Å². The van der Waals surface area contributed by atoms with Crippen LogP contribution >= 0.6 is 12.2 Å². The van der Waals surface area contributed by atoms with Crippen molar-refractivity contribution in [3.05, 3.63) is 54.2 Å². The van der Waals surface area contributed by atoms with Crippen LogP contribution in [0.3, 0.4) is 0 Å². The quantitative estimate of drug-likeness (QED) is 0.328. The zero-order valence-electron chi connectivity index (χ0n) is 10.6. The molecule has 3 rings (SSSR count). The average Bonchev–Trinajstić information content (AvgIpc) is 2.47. The maximum atomic E-state index is 5.35. The third-order valence-corrected chi connectivity index (χ3v) is 3.09. The fraction of sp³-hybridized carbons (Fsp3) is 0. The van der Waals surface area contributed by atoms with Crippen molar-refractivity contribution in [1.29, 1.82) is 0 Å². The summed E-state index contributed by atoms with van der Waals surface area (Å²) >= 11 is 4.72. The van der Waals surface area contributed by atoms with Crippen LogP contribution in [-0.4, -0.2) is 16.3 Å². The van der Waals surface area contributed by atoms with Crippen molar-refractivity contribution in [1.82, 2.24) is 10.4 Å². The molecule has 0 aliphatic heterocycles. The summed E-state index contributed by atoms with van der Waals surface area (Å²) in [6.07, 6.45) is 1.63. The van der Waals surface area contributed by atoms with Gasteiger partial charge in [0, 0.05) is 10.8 Å². The fourth-order valence-electron chi connectivity index (χ4n) is 2.19. The number of rotatable bonds is 2. The number of hydrazone groups is 1. The minimum atomic E-state index is 0.131. The molecule has 20 heavy (non-hydrogen) atoms. The molecule has 0 atom stereocenters. The first kappa shape index (κ1) is 12.5. The van der Waals surface area contributed by atoms with Crippen LogP contribution in [0.15, 0.2) is 53.6 Å². The molecule has 0 saturated carbocycles. The first-order chi connectivity index (χ1) is 9.75. The highest BCUT2D eigenvalue weighted by molar-refractivity contribution is 7.80. The number of fused-ring (bicyclic) bond motifs is 3. The van der Waals surface area contributed by atoms with Gasteiger partial charge < -0.3 is 5.73 Å². The molecule has 0 aliphatic carbocycles. The van der Waals surface area contributed by atoms with Crippen LogP contribution in [-0.2, 0) is 0 Å². The molecule has 0 amide bonds. The molecule has 0 unspecified atom stereocenters. The van der Waals surface area contributed by atoms with E-state index >= 15 is 0 Å². The maximum absolute atomic E-state index is 5.35. The molecular weight excluding hydrogens is 268 g/mol. The Morgan fingerprint density at radius 2 is 1.70 bits per heavy atom. The number of thiocarbonyl (C=S) groups is 1. The van der Waals surface area contributed by atoms with Gasteiger partial charge in [0.15, 0.2) is 5.11 Å². The summed E-state index contributed by atoms with van der Waals surface area (Å²) in [6.45, 7) is 0. The number of hydrogen-bond acceptors (Lipinski definition) is 3. The van der Waals surface area contributed by atoms with Crippen LogP contribution in [0.1, 0.15) is 5.69 Å². The van der Waals surface area contributed by atoms with Gasteiger partial charge in [-0.2, -0.15) is 5.10 Å². The zero-order valence-corrected chi connectivity index (χ0v) is 11.4. The molecule has 5 heteroatoms. The van der Waals surface area contributed by atoms with E-state index in [2.05, 4.69) is 27.6 Å². The lowest BCUT2D eigenvalue weighted by molar-refractivity contribution is 1.04. The number of pyridine rings is 1. The molecule has 0 fully saturated rings. The van der Waals surface area contributed by atoms with Crippen molar-refractivity contribution in [2.75, 3.05) is 0 Å². The van der Waals surface area contributed by atoms with E-state index in [1.54, 1.807) is 6.21 Å². The Balaban J connectivity index is 2.24. The van der Waals surface area contributed by atoms with Crippen molar-refractivity contribution < 1.29 is 0 Å². The van der Waals surface area contributed by atoms with E-state index in [0.29, 0.717) is 0 Å². The van der Waals surface area contributed by atoms with E-state index in [1.165, 1.54) is 0 Å². The second kappa shape index (κ2) is 5.22. The van der Waals surface area contributed by atoms with E-state index in [4.69, 9.17) is 18.0 Å². The van der Waals surface area contributed by atoms with Gasteiger partial charge in [-0.3, -0.25) is 5.43 Å². The molecular formula is C15H12N4S. The Labute approximate surface area is 121 Å². The summed E-state index contributed by atoms with van der Waals surface area (Å²) in [5, 5.41) is 7.44.